The fourth-order valence-corrected chi connectivity index (χ4v) is 2.34. The highest BCUT2D eigenvalue weighted by molar-refractivity contribution is 6.31. The highest BCUT2D eigenvalue weighted by Gasteiger charge is 2.44. The number of nitrogens with one attached hydrogen (secondary N) is 1. The molecule has 0 unspecified atom stereocenters. The molecular weight excluding hydrogens is 213 g/mol. The lowest BCUT2D eigenvalue weighted by atomic mass is 9.96. The van der Waals surface area contributed by atoms with E-state index >= 15 is 0 Å². The summed E-state index contributed by atoms with van der Waals surface area (Å²) >= 11 is 6.07. The van der Waals surface area contributed by atoms with Crippen molar-refractivity contribution in [2.45, 2.75) is 25.2 Å². The number of rotatable bonds is 4. The fourth-order valence-electron chi connectivity index (χ4n) is 1.98. The molecule has 1 aromatic carbocycles. The molecule has 2 rings (SSSR count). The van der Waals surface area contributed by atoms with Gasteiger partial charge in [0.05, 0.1) is 0 Å². The van der Waals surface area contributed by atoms with Crippen LogP contribution < -0.4 is 5.32 Å². The van der Waals surface area contributed by atoms with Crippen LogP contribution in [-0.4, -0.2) is 13.1 Å². The molecule has 0 saturated heterocycles. The van der Waals surface area contributed by atoms with Crippen molar-refractivity contribution in [3.8, 4) is 0 Å². The second-order valence-corrected chi connectivity index (χ2v) is 4.59. The van der Waals surface area contributed by atoms with Gasteiger partial charge in [-0.25, -0.2) is 4.39 Å². The minimum Gasteiger partial charge on any atom is -0.316 e. The first-order valence-electron chi connectivity index (χ1n) is 5.34. The molecule has 0 heterocycles. The van der Waals surface area contributed by atoms with E-state index in [1.165, 1.54) is 12.1 Å². The Morgan fingerprint density at radius 2 is 2.20 bits per heavy atom. The van der Waals surface area contributed by atoms with Gasteiger partial charge in [0.1, 0.15) is 5.82 Å². The summed E-state index contributed by atoms with van der Waals surface area (Å²) in [4.78, 5) is 0. The van der Waals surface area contributed by atoms with Gasteiger partial charge in [-0.05, 0) is 37.1 Å². The second kappa shape index (κ2) is 4.11. The molecule has 0 radical (unpaired) electrons. The van der Waals surface area contributed by atoms with Crippen LogP contribution in [0.4, 0.5) is 4.39 Å². The molecule has 1 aromatic rings. The highest BCUT2D eigenvalue weighted by atomic mass is 35.5. The SMILES string of the molecule is CCNCC1(c2ccc(F)cc2Cl)CC1. The molecule has 3 heteroatoms. The van der Waals surface area contributed by atoms with E-state index in [1.807, 2.05) is 6.07 Å². The topological polar surface area (TPSA) is 12.0 Å². The van der Waals surface area contributed by atoms with E-state index in [0.717, 1.165) is 31.5 Å². The van der Waals surface area contributed by atoms with E-state index in [4.69, 9.17) is 11.6 Å². The minimum atomic E-state index is -0.261. The molecule has 1 fully saturated rings. The van der Waals surface area contributed by atoms with Crippen molar-refractivity contribution < 1.29 is 4.39 Å². The van der Waals surface area contributed by atoms with Crippen LogP contribution >= 0.6 is 11.6 Å². The van der Waals surface area contributed by atoms with E-state index in [-0.39, 0.29) is 11.2 Å². The lowest BCUT2D eigenvalue weighted by molar-refractivity contribution is 0.586. The number of benzene rings is 1. The summed E-state index contributed by atoms with van der Waals surface area (Å²) in [6.45, 7) is 3.98. The van der Waals surface area contributed by atoms with Crippen LogP contribution in [0, 0.1) is 5.82 Å². The Morgan fingerprint density at radius 3 is 2.73 bits per heavy atom. The maximum atomic E-state index is 12.9. The highest BCUT2D eigenvalue weighted by Crippen LogP contribution is 2.49. The van der Waals surface area contributed by atoms with E-state index in [9.17, 15) is 4.39 Å². The predicted molar refractivity (Wildman–Crippen MR) is 60.9 cm³/mol. The zero-order valence-electron chi connectivity index (χ0n) is 8.82. The summed E-state index contributed by atoms with van der Waals surface area (Å²) in [6.07, 6.45) is 2.29. The number of halogens is 2. The Hall–Kier alpha value is -0.600. The molecule has 1 aliphatic rings. The molecule has 15 heavy (non-hydrogen) atoms. The number of hydrogen-bond acceptors (Lipinski definition) is 1. The normalized spacial score (nSPS) is 17.8. The molecule has 0 amide bonds. The molecule has 82 valence electrons. The average Bonchev–Trinajstić information content (AvgIpc) is 2.96. The van der Waals surface area contributed by atoms with Crippen molar-refractivity contribution in [3.05, 3.63) is 34.6 Å². The third-order valence-corrected chi connectivity index (χ3v) is 3.38. The zero-order valence-corrected chi connectivity index (χ0v) is 9.57. The predicted octanol–water partition coefficient (Wildman–Crippen LogP) is 3.12. The van der Waals surface area contributed by atoms with Crippen LogP contribution in [0.15, 0.2) is 18.2 Å². The van der Waals surface area contributed by atoms with E-state index in [2.05, 4.69) is 12.2 Å². The number of likely N-dealkylation sites (N-methyl/N-ethyl adjacent to an activating group) is 1. The van der Waals surface area contributed by atoms with Crippen molar-refractivity contribution in [3.63, 3.8) is 0 Å². The molecule has 1 aliphatic carbocycles. The first-order valence-corrected chi connectivity index (χ1v) is 5.72. The molecular formula is C12H15ClFN. The van der Waals surface area contributed by atoms with Crippen molar-refractivity contribution in [1.29, 1.82) is 0 Å². The summed E-state index contributed by atoms with van der Waals surface area (Å²) in [5, 5.41) is 3.90. The number of hydrogen-bond donors (Lipinski definition) is 1. The Bertz CT molecular complexity index is 361. The van der Waals surface area contributed by atoms with Crippen LogP contribution in [-0.2, 0) is 5.41 Å². The Balaban J connectivity index is 2.21. The largest absolute Gasteiger partial charge is 0.316 e. The summed E-state index contributed by atoms with van der Waals surface area (Å²) in [5.41, 5.74) is 1.26. The maximum absolute atomic E-state index is 12.9. The average molecular weight is 228 g/mol. The van der Waals surface area contributed by atoms with E-state index < -0.39 is 0 Å². The van der Waals surface area contributed by atoms with Crippen molar-refractivity contribution in [2.24, 2.45) is 0 Å². The van der Waals surface area contributed by atoms with Crippen molar-refractivity contribution in [2.75, 3.05) is 13.1 Å². The van der Waals surface area contributed by atoms with Gasteiger partial charge in [-0.3, -0.25) is 0 Å². The van der Waals surface area contributed by atoms with Crippen molar-refractivity contribution in [1.82, 2.24) is 5.32 Å². The molecule has 0 atom stereocenters. The van der Waals surface area contributed by atoms with Gasteiger partial charge in [0.2, 0.25) is 0 Å². The monoisotopic (exact) mass is 227 g/mol. The van der Waals surface area contributed by atoms with Gasteiger partial charge in [-0.15, -0.1) is 0 Å². The van der Waals surface area contributed by atoms with Gasteiger partial charge >= 0.3 is 0 Å². The van der Waals surface area contributed by atoms with Crippen LogP contribution in [0.5, 0.6) is 0 Å². The summed E-state index contributed by atoms with van der Waals surface area (Å²) < 4.78 is 12.9. The van der Waals surface area contributed by atoms with Crippen LogP contribution in [0.1, 0.15) is 25.3 Å². The zero-order chi connectivity index (χ0) is 10.9. The van der Waals surface area contributed by atoms with Gasteiger partial charge in [-0.1, -0.05) is 24.6 Å². The quantitative estimate of drug-likeness (QED) is 0.834. The van der Waals surface area contributed by atoms with Gasteiger partial charge in [0.25, 0.3) is 0 Å². The minimum absolute atomic E-state index is 0.167. The molecule has 1 saturated carbocycles. The molecule has 0 aromatic heterocycles. The lowest BCUT2D eigenvalue weighted by Crippen LogP contribution is -2.26. The molecule has 1 N–H and O–H groups in total. The third-order valence-electron chi connectivity index (χ3n) is 3.07. The van der Waals surface area contributed by atoms with Crippen LogP contribution in [0.25, 0.3) is 0 Å². The fraction of sp³-hybridized carbons (Fsp3) is 0.500. The second-order valence-electron chi connectivity index (χ2n) is 4.18. The molecule has 0 bridgehead atoms. The first-order chi connectivity index (χ1) is 7.18. The van der Waals surface area contributed by atoms with Gasteiger partial charge < -0.3 is 5.32 Å². The first kappa shape index (κ1) is 10.9. The van der Waals surface area contributed by atoms with Crippen LogP contribution in [0.3, 0.4) is 0 Å². The summed E-state index contributed by atoms with van der Waals surface area (Å²) in [5.74, 6) is -0.261. The molecule has 1 nitrogen and oxygen atoms in total. The van der Waals surface area contributed by atoms with Gasteiger partial charge in [0, 0.05) is 17.0 Å². The molecule has 0 spiro atoms. The lowest BCUT2D eigenvalue weighted by Gasteiger charge is -2.17. The van der Waals surface area contributed by atoms with Crippen LogP contribution in [0.2, 0.25) is 5.02 Å². The van der Waals surface area contributed by atoms with E-state index in [0.29, 0.717) is 5.02 Å². The Morgan fingerprint density at radius 1 is 1.47 bits per heavy atom. The standard InChI is InChI=1S/C12H15ClFN/c1-2-15-8-12(5-6-12)10-4-3-9(14)7-11(10)13/h3-4,7,15H,2,5-6,8H2,1H3. The summed E-state index contributed by atoms with van der Waals surface area (Å²) in [7, 11) is 0. The van der Waals surface area contributed by atoms with E-state index in [1.54, 1.807) is 0 Å². The van der Waals surface area contributed by atoms with Crippen molar-refractivity contribution >= 4 is 11.6 Å². The summed E-state index contributed by atoms with van der Waals surface area (Å²) in [6, 6.07) is 4.72. The third kappa shape index (κ3) is 2.16. The van der Waals surface area contributed by atoms with Gasteiger partial charge in [0.15, 0.2) is 0 Å². The van der Waals surface area contributed by atoms with Gasteiger partial charge in [-0.2, -0.15) is 0 Å². The Kier molecular flexibility index (Phi) is 2.98. The molecule has 0 aliphatic heterocycles. The maximum Gasteiger partial charge on any atom is 0.124 e. The Labute approximate surface area is 94.6 Å². The smallest absolute Gasteiger partial charge is 0.124 e.